The SMILES string of the molecule is CCc1ccccc1-n1nc(Cc2ccc(OC)cc2)c2c1NCCCC2. The Morgan fingerprint density at radius 2 is 1.89 bits per heavy atom. The van der Waals surface area contributed by atoms with Gasteiger partial charge in [0.1, 0.15) is 11.6 Å². The summed E-state index contributed by atoms with van der Waals surface area (Å²) in [5, 5.41) is 8.72. The summed E-state index contributed by atoms with van der Waals surface area (Å²) >= 11 is 0. The van der Waals surface area contributed by atoms with Crippen LogP contribution in [0.1, 0.15) is 42.1 Å². The zero-order valence-corrected chi connectivity index (χ0v) is 16.2. The average molecular weight is 361 g/mol. The number of hydrogen-bond acceptors (Lipinski definition) is 3. The van der Waals surface area contributed by atoms with Gasteiger partial charge in [-0.05, 0) is 55.0 Å². The Morgan fingerprint density at radius 3 is 2.67 bits per heavy atom. The van der Waals surface area contributed by atoms with E-state index in [1.165, 1.54) is 46.7 Å². The normalized spacial score (nSPS) is 13.6. The van der Waals surface area contributed by atoms with Crippen molar-refractivity contribution in [2.24, 2.45) is 0 Å². The Balaban J connectivity index is 1.76. The van der Waals surface area contributed by atoms with Gasteiger partial charge in [0.25, 0.3) is 0 Å². The zero-order valence-electron chi connectivity index (χ0n) is 16.2. The topological polar surface area (TPSA) is 39.1 Å². The molecule has 0 fully saturated rings. The summed E-state index contributed by atoms with van der Waals surface area (Å²) in [5.74, 6) is 2.07. The first kappa shape index (κ1) is 17.7. The van der Waals surface area contributed by atoms with E-state index in [0.29, 0.717) is 0 Å². The summed E-state index contributed by atoms with van der Waals surface area (Å²) in [7, 11) is 1.70. The summed E-state index contributed by atoms with van der Waals surface area (Å²) in [5.41, 5.74) is 6.32. The number of anilines is 1. The van der Waals surface area contributed by atoms with Crippen LogP contribution in [0.5, 0.6) is 5.75 Å². The van der Waals surface area contributed by atoms with Gasteiger partial charge >= 0.3 is 0 Å². The molecular weight excluding hydrogens is 334 g/mol. The third-order valence-electron chi connectivity index (χ3n) is 5.34. The van der Waals surface area contributed by atoms with E-state index in [-0.39, 0.29) is 0 Å². The first-order valence-corrected chi connectivity index (χ1v) is 9.86. The fourth-order valence-corrected chi connectivity index (χ4v) is 3.84. The minimum Gasteiger partial charge on any atom is -0.497 e. The van der Waals surface area contributed by atoms with Crippen molar-refractivity contribution in [3.8, 4) is 11.4 Å². The number of aromatic nitrogens is 2. The molecule has 140 valence electrons. The van der Waals surface area contributed by atoms with Crippen molar-refractivity contribution in [2.45, 2.75) is 39.0 Å². The lowest BCUT2D eigenvalue weighted by Crippen LogP contribution is -2.08. The van der Waals surface area contributed by atoms with Crippen LogP contribution in [0.15, 0.2) is 48.5 Å². The molecule has 1 N–H and O–H groups in total. The first-order chi connectivity index (χ1) is 13.3. The van der Waals surface area contributed by atoms with Crippen LogP contribution in [0.3, 0.4) is 0 Å². The summed E-state index contributed by atoms with van der Waals surface area (Å²) in [6.45, 7) is 3.21. The van der Waals surface area contributed by atoms with Crippen LogP contribution in [0.25, 0.3) is 5.69 Å². The summed E-state index contributed by atoms with van der Waals surface area (Å²) < 4.78 is 7.42. The molecule has 4 nitrogen and oxygen atoms in total. The molecule has 0 radical (unpaired) electrons. The molecule has 1 aromatic heterocycles. The Hall–Kier alpha value is -2.75. The molecule has 3 aromatic rings. The molecule has 0 amide bonds. The monoisotopic (exact) mass is 361 g/mol. The summed E-state index contributed by atoms with van der Waals surface area (Å²) in [4.78, 5) is 0. The number of ether oxygens (including phenoxy) is 1. The molecule has 0 aliphatic carbocycles. The number of rotatable bonds is 5. The average Bonchev–Trinajstić information content (AvgIpc) is 2.89. The predicted molar refractivity (Wildman–Crippen MR) is 110 cm³/mol. The number of benzene rings is 2. The molecule has 2 heterocycles. The van der Waals surface area contributed by atoms with E-state index >= 15 is 0 Å². The van der Waals surface area contributed by atoms with E-state index in [4.69, 9.17) is 9.84 Å². The lowest BCUT2D eigenvalue weighted by atomic mass is 10.0. The van der Waals surface area contributed by atoms with Crippen molar-refractivity contribution < 1.29 is 4.74 Å². The zero-order chi connectivity index (χ0) is 18.6. The number of hydrogen-bond donors (Lipinski definition) is 1. The third-order valence-corrected chi connectivity index (χ3v) is 5.34. The van der Waals surface area contributed by atoms with E-state index in [1.807, 2.05) is 12.1 Å². The number of aryl methyl sites for hydroxylation is 1. The Labute approximate surface area is 161 Å². The highest BCUT2D eigenvalue weighted by molar-refractivity contribution is 5.57. The van der Waals surface area contributed by atoms with Crippen LogP contribution in [0, 0.1) is 0 Å². The molecule has 0 saturated heterocycles. The lowest BCUT2D eigenvalue weighted by molar-refractivity contribution is 0.414. The van der Waals surface area contributed by atoms with Gasteiger partial charge in [-0.1, -0.05) is 37.3 Å². The Kier molecular flexibility index (Phi) is 5.14. The number of fused-ring (bicyclic) bond motifs is 1. The standard InChI is InChI=1S/C23H27N3O/c1-3-18-8-4-5-10-22(18)26-23-20(9-6-7-15-24-23)21(25-26)16-17-11-13-19(27-2)14-12-17/h4-5,8,10-14,24H,3,6-7,9,15-16H2,1-2H3. The van der Waals surface area contributed by atoms with Crippen molar-refractivity contribution in [1.82, 2.24) is 9.78 Å². The van der Waals surface area contributed by atoms with Gasteiger partial charge in [-0.3, -0.25) is 0 Å². The largest absolute Gasteiger partial charge is 0.497 e. The van der Waals surface area contributed by atoms with Crippen LogP contribution >= 0.6 is 0 Å². The minimum absolute atomic E-state index is 0.843. The second-order valence-electron chi connectivity index (χ2n) is 7.08. The van der Waals surface area contributed by atoms with Gasteiger partial charge < -0.3 is 10.1 Å². The molecule has 4 rings (SSSR count). The molecule has 0 atom stereocenters. The van der Waals surface area contributed by atoms with E-state index in [2.05, 4.69) is 53.3 Å². The molecule has 0 spiro atoms. The number of nitrogens with one attached hydrogen (secondary N) is 1. The second kappa shape index (κ2) is 7.87. The highest BCUT2D eigenvalue weighted by atomic mass is 16.5. The van der Waals surface area contributed by atoms with Crippen LogP contribution in [-0.2, 0) is 19.3 Å². The fourth-order valence-electron chi connectivity index (χ4n) is 3.84. The summed E-state index contributed by atoms with van der Waals surface area (Å²) in [6.07, 6.45) is 5.33. The van der Waals surface area contributed by atoms with Gasteiger partial charge in [-0.2, -0.15) is 5.10 Å². The molecular formula is C23H27N3O. The maximum absolute atomic E-state index is 5.28. The molecule has 0 bridgehead atoms. The summed E-state index contributed by atoms with van der Waals surface area (Å²) in [6, 6.07) is 16.9. The molecule has 1 aliphatic heterocycles. The van der Waals surface area contributed by atoms with Crippen molar-refractivity contribution >= 4 is 5.82 Å². The van der Waals surface area contributed by atoms with Gasteiger partial charge in [0.15, 0.2) is 0 Å². The predicted octanol–water partition coefficient (Wildman–Crippen LogP) is 4.78. The highest BCUT2D eigenvalue weighted by Crippen LogP contribution is 2.31. The maximum Gasteiger partial charge on any atom is 0.133 e. The van der Waals surface area contributed by atoms with Crippen LogP contribution in [-0.4, -0.2) is 23.4 Å². The van der Waals surface area contributed by atoms with Gasteiger partial charge in [0, 0.05) is 18.5 Å². The van der Waals surface area contributed by atoms with Gasteiger partial charge in [-0.25, -0.2) is 4.68 Å². The lowest BCUT2D eigenvalue weighted by Gasteiger charge is -2.12. The van der Waals surface area contributed by atoms with E-state index < -0.39 is 0 Å². The van der Waals surface area contributed by atoms with Gasteiger partial charge in [-0.15, -0.1) is 0 Å². The molecule has 27 heavy (non-hydrogen) atoms. The highest BCUT2D eigenvalue weighted by Gasteiger charge is 2.21. The fraction of sp³-hybridized carbons (Fsp3) is 0.348. The quantitative estimate of drug-likeness (QED) is 0.711. The minimum atomic E-state index is 0.843. The molecule has 4 heteroatoms. The molecule has 0 saturated carbocycles. The molecule has 0 unspecified atom stereocenters. The Bertz CT molecular complexity index is 912. The van der Waals surface area contributed by atoms with Crippen LogP contribution < -0.4 is 10.1 Å². The van der Waals surface area contributed by atoms with Crippen molar-refractivity contribution in [3.05, 3.63) is 70.9 Å². The first-order valence-electron chi connectivity index (χ1n) is 9.86. The molecule has 2 aromatic carbocycles. The van der Waals surface area contributed by atoms with E-state index in [0.717, 1.165) is 31.6 Å². The van der Waals surface area contributed by atoms with Crippen LogP contribution in [0.4, 0.5) is 5.82 Å². The van der Waals surface area contributed by atoms with E-state index in [9.17, 15) is 0 Å². The second-order valence-corrected chi connectivity index (χ2v) is 7.08. The van der Waals surface area contributed by atoms with Crippen molar-refractivity contribution in [1.29, 1.82) is 0 Å². The number of nitrogens with zero attached hydrogens (tertiary/aromatic N) is 2. The van der Waals surface area contributed by atoms with Crippen LogP contribution in [0.2, 0.25) is 0 Å². The van der Waals surface area contributed by atoms with Crippen molar-refractivity contribution in [3.63, 3.8) is 0 Å². The van der Waals surface area contributed by atoms with E-state index in [1.54, 1.807) is 7.11 Å². The molecule has 1 aliphatic rings. The van der Waals surface area contributed by atoms with Gasteiger partial charge in [0.05, 0.1) is 18.5 Å². The third kappa shape index (κ3) is 3.57. The number of para-hydroxylation sites is 1. The van der Waals surface area contributed by atoms with Gasteiger partial charge in [0.2, 0.25) is 0 Å². The smallest absolute Gasteiger partial charge is 0.133 e. The van der Waals surface area contributed by atoms with Crippen molar-refractivity contribution in [2.75, 3.05) is 19.0 Å². The number of methoxy groups -OCH3 is 1. The maximum atomic E-state index is 5.28. The Morgan fingerprint density at radius 1 is 1.07 bits per heavy atom.